The van der Waals surface area contributed by atoms with E-state index in [0.29, 0.717) is 28.6 Å². The van der Waals surface area contributed by atoms with E-state index in [1.165, 1.54) is 0 Å². The molecule has 0 spiro atoms. The van der Waals surface area contributed by atoms with Gasteiger partial charge in [0.25, 0.3) is 0 Å². The summed E-state index contributed by atoms with van der Waals surface area (Å²) in [7, 11) is 3.15. The monoisotopic (exact) mass is 330 g/mol. The van der Waals surface area contributed by atoms with E-state index in [0.717, 1.165) is 11.1 Å². The van der Waals surface area contributed by atoms with Crippen LogP contribution < -0.4 is 18.9 Å². The number of aryl methyl sites for hydroxylation is 1. The highest BCUT2D eigenvalue weighted by Gasteiger charge is 2.17. The minimum Gasteiger partial charge on any atom is -0.493 e. The highest BCUT2D eigenvalue weighted by molar-refractivity contribution is 5.90. The van der Waals surface area contributed by atoms with Crippen LogP contribution in [0.1, 0.15) is 21.5 Å². The van der Waals surface area contributed by atoms with Crippen LogP contribution in [0.5, 0.6) is 23.0 Å². The van der Waals surface area contributed by atoms with Crippen LogP contribution in [0, 0.1) is 6.92 Å². The van der Waals surface area contributed by atoms with Crippen LogP contribution in [0.25, 0.3) is 0 Å². The van der Waals surface area contributed by atoms with E-state index >= 15 is 0 Å². The highest BCUT2D eigenvalue weighted by atomic mass is 16.7. The van der Waals surface area contributed by atoms with E-state index in [2.05, 4.69) is 0 Å². The SMILES string of the molecule is COc1cc(C)c(COC(=O)c2ccc3c(c2)OCO3)cc1OC. The number of benzene rings is 2. The summed E-state index contributed by atoms with van der Waals surface area (Å²) in [6, 6.07) is 8.62. The lowest BCUT2D eigenvalue weighted by atomic mass is 10.1. The lowest BCUT2D eigenvalue weighted by Gasteiger charge is -2.13. The van der Waals surface area contributed by atoms with Gasteiger partial charge >= 0.3 is 5.97 Å². The van der Waals surface area contributed by atoms with Gasteiger partial charge in [-0.3, -0.25) is 0 Å². The maximum absolute atomic E-state index is 12.2. The number of fused-ring (bicyclic) bond motifs is 1. The Bertz CT molecular complexity index is 768. The van der Waals surface area contributed by atoms with Crippen molar-refractivity contribution in [3.05, 3.63) is 47.0 Å². The molecule has 0 amide bonds. The molecular weight excluding hydrogens is 312 g/mol. The summed E-state index contributed by atoms with van der Waals surface area (Å²) >= 11 is 0. The molecule has 2 aromatic carbocycles. The summed E-state index contributed by atoms with van der Waals surface area (Å²) < 4.78 is 26.4. The number of ether oxygens (including phenoxy) is 5. The number of rotatable bonds is 5. The summed E-state index contributed by atoms with van der Waals surface area (Å²) in [4.78, 5) is 12.2. The van der Waals surface area contributed by atoms with Crippen LogP contribution in [0.2, 0.25) is 0 Å². The molecule has 3 rings (SSSR count). The summed E-state index contributed by atoms with van der Waals surface area (Å²) in [6.45, 7) is 2.23. The average molecular weight is 330 g/mol. The third-order valence-electron chi connectivity index (χ3n) is 3.81. The smallest absolute Gasteiger partial charge is 0.338 e. The molecule has 0 fully saturated rings. The maximum Gasteiger partial charge on any atom is 0.338 e. The van der Waals surface area contributed by atoms with Crippen LogP contribution in [-0.2, 0) is 11.3 Å². The first kappa shape index (κ1) is 16.0. The van der Waals surface area contributed by atoms with Gasteiger partial charge in [-0.05, 0) is 48.4 Å². The van der Waals surface area contributed by atoms with Crippen molar-refractivity contribution >= 4 is 5.97 Å². The van der Waals surface area contributed by atoms with Crippen molar-refractivity contribution in [1.29, 1.82) is 0 Å². The fraction of sp³-hybridized carbons (Fsp3) is 0.278. The molecule has 0 bridgehead atoms. The van der Waals surface area contributed by atoms with Crippen LogP contribution in [0.4, 0.5) is 0 Å². The van der Waals surface area contributed by atoms with Gasteiger partial charge in [-0.15, -0.1) is 0 Å². The predicted molar refractivity (Wildman–Crippen MR) is 86.0 cm³/mol. The molecule has 2 aromatic rings. The van der Waals surface area contributed by atoms with Crippen molar-refractivity contribution in [3.63, 3.8) is 0 Å². The van der Waals surface area contributed by atoms with Gasteiger partial charge in [0, 0.05) is 0 Å². The molecule has 0 aromatic heterocycles. The number of methoxy groups -OCH3 is 2. The summed E-state index contributed by atoms with van der Waals surface area (Å²) in [6.07, 6.45) is 0. The third kappa shape index (κ3) is 3.08. The Balaban J connectivity index is 1.72. The zero-order valence-electron chi connectivity index (χ0n) is 13.8. The fourth-order valence-corrected chi connectivity index (χ4v) is 2.43. The molecule has 6 heteroatoms. The first-order valence-corrected chi connectivity index (χ1v) is 7.40. The summed E-state index contributed by atoms with van der Waals surface area (Å²) in [5, 5.41) is 0. The van der Waals surface area contributed by atoms with Gasteiger partial charge in [-0.2, -0.15) is 0 Å². The van der Waals surface area contributed by atoms with Gasteiger partial charge in [0.15, 0.2) is 23.0 Å². The standard InChI is InChI=1S/C18H18O6/c1-11-6-15(20-2)16(21-3)8-13(11)9-22-18(19)12-4-5-14-17(7-12)24-10-23-14/h4-8H,9-10H2,1-3H3. The van der Waals surface area contributed by atoms with Gasteiger partial charge in [0.05, 0.1) is 19.8 Å². The quantitative estimate of drug-likeness (QED) is 0.785. The molecule has 1 aliphatic heterocycles. The van der Waals surface area contributed by atoms with Gasteiger partial charge < -0.3 is 23.7 Å². The Kier molecular flexibility index (Phi) is 4.46. The van der Waals surface area contributed by atoms with Crippen LogP contribution >= 0.6 is 0 Å². The minimum absolute atomic E-state index is 0.138. The topological polar surface area (TPSA) is 63.2 Å². The molecule has 0 atom stereocenters. The second-order valence-electron chi connectivity index (χ2n) is 5.28. The van der Waals surface area contributed by atoms with E-state index in [-0.39, 0.29) is 13.4 Å². The fourth-order valence-electron chi connectivity index (χ4n) is 2.43. The zero-order chi connectivity index (χ0) is 17.1. The molecule has 1 aliphatic rings. The zero-order valence-corrected chi connectivity index (χ0v) is 13.8. The molecule has 0 saturated carbocycles. The molecule has 0 N–H and O–H groups in total. The lowest BCUT2D eigenvalue weighted by Crippen LogP contribution is -2.06. The van der Waals surface area contributed by atoms with Crippen molar-refractivity contribution in [1.82, 2.24) is 0 Å². The van der Waals surface area contributed by atoms with E-state index in [4.69, 9.17) is 23.7 Å². The Morgan fingerprint density at radius 1 is 1.04 bits per heavy atom. The Morgan fingerprint density at radius 3 is 2.50 bits per heavy atom. The van der Waals surface area contributed by atoms with E-state index < -0.39 is 5.97 Å². The molecule has 0 saturated heterocycles. The van der Waals surface area contributed by atoms with Crippen molar-refractivity contribution < 1.29 is 28.5 Å². The van der Waals surface area contributed by atoms with E-state index in [9.17, 15) is 4.79 Å². The second kappa shape index (κ2) is 6.70. The first-order chi connectivity index (χ1) is 11.6. The highest BCUT2D eigenvalue weighted by Crippen LogP contribution is 2.33. The number of esters is 1. The largest absolute Gasteiger partial charge is 0.493 e. The first-order valence-electron chi connectivity index (χ1n) is 7.40. The molecule has 0 unspecified atom stereocenters. The Hall–Kier alpha value is -2.89. The average Bonchev–Trinajstić information content (AvgIpc) is 3.07. The van der Waals surface area contributed by atoms with Gasteiger partial charge in [0.1, 0.15) is 6.61 Å². The molecule has 6 nitrogen and oxygen atoms in total. The maximum atomic E-state index is 12.2. The third-order valence-corrected chi connectivity index (χ3v) is 3.81. The number of carbonyl (C=O) groups is 1. The van der Waals surface area contributed by atoms with Crippen molar-refractivity contribution in [2.24, 2.45) is 0 Å². The minimum atomic E-state index is -0.428. The van der Waals surface area contributed by atoms with Crippen LogP contribution in [-0.4, -0.2) is 27.0 Å². The van der Waals surface area contributed by atoms with E-state index in [1.807, 2.05) is 13.0 Å². The Morgan fingerprint density at radius 2 is 1.75 bits per heavy atom. The molecule has 0 radical (unpaired) electrons. The van der Waals surface area contributed by atoms with Crippen molar-refractivity contribution in [2.45, 2.75) is 13.5 Å². The number of carbonyl (C=O) groups excluding carboxylic acids is 1. The van der Waals surface area contributed by atoms with Gasteiger partial charge in [-0.25, -0.2) is 4.79 Å². The number of hydrogen-bond donors (Lipinski definition) is 0. The number of hydrogen-bond acceptors (Lipinski definition) is 6. The normalized spacial score (nSPS) is 12.0. The summed E-state index contributed by atoms with van der Waals surface area (Å²) in [5.74, 6) is 1.98. The van der Waals surface area contributed by atoms with E-state index in [1.54, 1.807) is 38.5 Å². The van der Waals surface area contributed by atoms with Crippen LogP contribution in [0.3, 0.4) is 0 Å². The Labute approximate surface area is 139 Å². The lowest BCUT2D eigenvalue weighted by molar-refractivity contribution is 0.0471. The second-order valence-corrected chi connectivity index (χ2v) is 5.28. The molecule has 0 aliphatic carbocycles. The molecule has 1 heterocycles. The summed E-state index contributed by atoms with van der Waals surface area (Å²) in [5.41, 5.74) is 2.21. The van der Waals surface area contributed by atoms with Crippen LogP contribution in [0.15, 0.2) is 30.3 Å². The van der Waals surface area contributed by atoms with Gasteiger partial charge in [-0.1, -0.05) is 0 Å². The van der Waals surface area contributed by atoms with Gasteiger partial charge in [0.2, 0.25) is 6.79 Å². The molecule has 24 heavy (non-hydrogen) atoms. The van der Waals surface area contributed by atoms with Crippen molar-refractivity contribution in [2.75, 3.05) is 21.0 Å². The predicted octanol–water partition coefficient (Wildman–Crippen LogP) is 3.10. The molecule has 126 valence electrons. The van der Waals surface area contributed by atoms with Crippen molar-refractivity contribution in [3.8, 4) is 23.0 Å². The molecular formula is C18H18O6.